The van der Waals surface area contributed by atoms with Crippen molar-refractivity contribution in [3.8, 4) is 0 Å². The quantitative estimate of drug-likeness (QED) is 0.318. The summed E-state index contributed by atoms with van der Waals surface area (Å²) in [7, 11) is 0. The van der Waals surface area contributed by atoms with Gasteiger partial charge in [0, 0.05) is 0 Å². The molecule has 0 saturated heterocycles. The van der Waals surface area contributed by atoms with Gasteiger partial charge in [-0.05, 0) is 5.56 Å². The maximum Gasteiger partial charge on any atom is 0.235 e. The average molecular weight is 514 g/mol. The van der Waals surface area contributed by atoms with Crippen molar-refractivity contribution < 1.29 is 18.0 Å². The normalized spacial score (nSPS) is 8.15. The van der Waals surface area contributed by atoms with Gasteiger partial charge in [0.25, 0.3) is 0 Å². The third kappa shape index (κ3) is 9.10. The molecule has 0 bridgehead atoms. The number of rotatable bonds is 2. The van der Waals surface area contributed by atoms with E-state index < -0.39 is 0 Å². The molecule has 0 aliphatic carbocycles. The van der Waals surface area contributed by atoms with Gasteiger partial charge in [0.05, 0.1) is 6.54 Å². The zero-order chi connectivity index (χ0) is 9.94. The van der Waals surface area contributed by atoms with Gasteiger partial charge in [0.15, 0.2) is 0 Å². The first kappa shape index (κ1) is 13.8. The Bertz CT molecular complexity index is 259. The number of aliphatic imine (C=N–C) groups is 1. The molecule has 0 amide bonds. The second-order valence-electron chi connectivity index (χ2n) is 1.95. The van der Waals surface area contributed by atoms with E-state index in [1.54, 1.807) is 0 Å². The maximum absolute atomic E-state index is 9.69. The molecule has 13 heavy (non-hydrogen) atoms. The molecule has 1 rings (SSSR count). The molecule has 0 saturated carbocycles. The van der Waals surface area contributed by atoms with Crippen LogP contribution < -0.4 is 13.3 Å². The van der Waals surface area contributed by atoms with Crippen LogP contribution in [0.4, 0.5) is 0 Å². The van der Waals surface area contributed by atoms with Gasteiger partial charge in [-0.3, -0.25) is 0 Å². The van der Waals surface area contributed by atoms with E-state index in [1.165, 1.54) is 6.08 Å². The first-order valence-corrected chi connectivity index (χ1v) is 15.9. The van der Waals surface area contributed by atoms with Gasteiger partial charge < -0.3 is 0 Å². The summed E-state index contributed by atoms with van der Waals surface area (Å²) in [4.78, 5) is 13.1. The Morgan fingerprint density at radius 2 is 1.85 bits per heavy atom. The Kier molecular flexibility index (Phi) is 11.5. The van der Waals surface area contributed by atoms with Crippen molar-refractivity contribution in [2.75, 3.05) is 0 Å². The van der Waals surface area contributed by atoms with Crippen LogP contribution in [-0.4, -0.2) is 6.08 Å². The number of nitrogens with zero attached hydrogens (tertiary/aromatic N) is 1. The van der Waals surface area contributed by atoms with Gasteiger partial charge >= 0.3 is 50.5 Å². The summed E-state index contributed by atoms with van der Waals surface area (Å²) in [6.45, 7) is 0.435. The Morgan fingerprint density at radius 3 is 2.31 bits per heavy atom. The summed E-state index contributed by atoms with van der Waals surface area (Å²) in [6, 6.07) is 9.58. The molecule has 0 N–H and O–H groups in total. The fourth-order valence-electron chi connectivity index (χ4n) is 0.707. The molecule has 0 fully saturated rings. The Labute approximate surface area is 107 Å². The van der Waals surface area contributed by atoms with Crippen LogP contribution in [0, 0.1) is 0 Å². The molecule has 1 aromatic rings. The van der Waals surface area contributed by atoms with Gasteiger partial charge in [-0.1, -0.05) is 30.3 Å². The van der Waals surface area contributed by atoms with Crippen LogP contribution in [0.3, 0.4) is 0 Å². The molecular formula is C8H7I3NO-. The molecule has 0 radical (unpaired) electrons. The second-order valence-corrected chi connectivity index (χ2v) is 18.2. The van der Waals surface area contributed by atoms with Crippen molar-refractivity contribution in [3.05, 3.63) is 35.9 Å². The van der Waals surface area contributed by atoms with E-state index in [4.69, 9.17) is 0 Å². The molecule has 1 aromatic carbocycles. The maximum atomic E-state index is 9.69. The van der Waals surface area contributed by atoms with E-state index in [-0.39, 0.29) is 0 Å². The van der Waals surface area contributed by atoms with Crippen LogP contribution in [0.25, 0.3) is 0 Å². The summed E-state index contributed by atoms with van der Waals surface area (Å²) in [6.07, 6.45) is 1.49. The third-order valence-electron chi connectivity index (χ3n) is 1.17. The predicted molar refractivity (Wildman–Crippen MR) is 66.3 cm³/mol. The molecule has 0 aliphatic heterocycles. The van der Waals surface area contributed by atoms with E-state index in [0.717, 1.165) is 5.56 Å². The molecule has 0 heterocycles. The third-order valence-corrected chi connectivity index (χ3v) is 1.17. The summed E-state index contributed by atoms with van der Waals surface area (Å²) in [5.74, 6) is 0. The molecule has 0 aromatic heterocycles. The molecule has 0 atom stereocenters. The number of isocyanates is 1. The van der Waals surface area contributed by atoms with Gasteiger partial charge in [-0.15, -0.1) is 0 Å². The average Bonchev–Trinajstić information content (AvgIpc) is 2.18. The summed E-state index contributed by atoms with van der Waals surface area (Å²) in [5, 5.41) is 0. The fourth-order valence-corrected chi connectivity index (χ4v) is 0.707. The van der Waals surface area contributed by atoms with Crippen molar-refractivity contribution in [1.82, 2.24) is 0 Å². The van der Waals surface area contributed by atoms with E-state index in [2.05, 4.69) is 42.2 Å². The van der Waals surface area contributed by atoms with E-state index in [0.29, 0.717) is 19.8 Å². The predicted octanol–water partition coefficient (Wildman–Crippen LogP) is 0.298. The number of carbonyl (C=O) groups excluding carboxylic acids is 1. The van der Waals surface area contributed by atoms with Crippen molar-refractivity contribution in [2.24, 2.45) is 4.99 Å². The Hall–Kier alpha value is 0.790. The SMILES string of the molecule is I[I-]I.O=C=NCc1ccccc1. The minimum absolute atomic E-state index is 0.435. The van der Waals surface area contributed by atoms with Crippen molar-refractivity contribution >= 4 is 43.3 Å². The van der Waals surface area contributed by atoms with Crippen LogP contribution in [0.2, 0.25) is 0 Å². The number of hydrogen-bond acceptors (Lipinski definition) is 2. The summed E-state index contributed by atoms with van der Waals surface area (Å²) >= 11 is 5.30. The molecule has 0 aliphatic rings. The minimum atomic E-state index is 0.435. The zero-order valence-corrected chi connectivity index (χ0v) is 13.1. The molecule has 72 valence electrons. The number of halogens is 3. The van der Waals surface area contributed by atoms with E-state index >= 15 is 0 Å². The fraction of sp³-hybridized carbons (Fsp3) is 0.125. The van der Waals surface area contributed by atoms with Crippen molar-refractivity contribution in [3.63, 3.8) is 0 Å². The second kappa shape index (κ2) is 10.9. The summed E-state index contributed by atoms with van der Waals surface area (Å²) in [5.41, 5.74) is 1.03. The summed E-state index contributed by atoms with van der Waals surface area (Å²) < 4.78 is 0. The van der Waals surface area contributed by atoms with Crippen LogP contribution >= 0.6 is 37.2 Å². The van der Waals surface area contributed by atoms with Crippen molar-refractivity contribution in [1.29, 1.82) is 0 Å². The topological polar surface area (TPSA) is 29.4 Å². The standard InChI is InChI=1S/C8H7NO.I3/c10-7-9-6-8-4-2-1-3-5-8;1-3-2/h1-5H,6H2;/q;-1. The zero-order valence-electron chi connectivity index (χ0n) is 6.58. The van der Waals surface area contributed by atoms with Gasteiger partial charge in [0.2, 0.25) is 6.08 Å². The Morgan fingerprint density at radius 1 is 1.31 bits per heavy atom. The monoisotopic (exact) mass is 514 g/mol. The van der Waals surface area contributed by atoms with Gasteiger partial charge in [-0.25, -0.2) is 9.79 Å². The first-order chi connectivity index (χ1) is 6.35. The van der Waals surface area contributed by atoms with Crippen LogP contribution in [-0.2, 0) is 11.3 Å². The number of hydrogen-bond donors (Lipinski definition) is 0. The molecule has 0 spiro atoms. The van der Waals surface area contributed by atoms with Crippen LogP contribution in [0.1, 0.15) is 5.56 Å². The van der Waals surface area contributed by atoms with Crippen LogP contribution in [0.5, 0.6) is 0 Å². The first-order valence-electron chi connectivity index (χ1n) is 3.29. The van der Waals surface area contributed by atoms with Gasteiger partial charge in [0.1, 0.15) is 0 Å². The minimum Gasteiger partial charge on any atom is -0.211 e. The molecule has 2 nitrogen and oxygen atoms in total. The van der Waals surface area contributed by atoms with Crippen LogP contribution in [0.15, 0.2) is 35.3 Å². The Balaban J connectivity index is 0.000000424. The largest absolute Gasteiger partial charge is 0.235 e. The van der Waals surface area contributed by atoms with Crippen molar-refractivity contribution in [2.45, 2.75) is 6.54 Å². The van der Waals surface area contributed by atoms with E-state index in [1.807, 2.05) is 30.3 Å². The van der Waals surface area contributed by atoms with Gasteiger partial charge in [-0.2, -0.15) is 0 Å². The molecular weight excluding hydrogens is 507 g/mol. The molecule has 5 heteroatoms. The molecule has 0 unspecified atom stereocenters. The smallest absolute Gasteiger partial charge is 0.211 e. The number of benzene rings is 1. The van der Waals surface area contributed by atoms with E-state index in [9.17, 15) is 4.79 Å².